The molecule has 0 aromatic carbocycles. The van der Waals surface area contributed by atoms with Gasteiger partial charge < -0.3 is 4.90 Å². The van der Waals surface area contributed by atoms with Gasteiger partial charge in [-0.3, -0.25) is 0 Å². The van der Waals surface area contributed by atoms with Crippen molar-refractivity contribution in [2.75, 3.05) is 18.0 Å². The topological polar surface area (TPSA) is 29.0 Å². The van der Waals surface area contributed by atoms with Crippen molar-refractivity contribution in [3.05, 3.63) is 17.0 Å². The van der Waals surface area contributed by atoms with Crippen molar-refractivity contribution in [2.24, 2.45) is 5.92 Å². The lowest BCUT2D eigenvalue weighted by Gasteiger charge is -2.16. The largest absolute Gasteiger partial charge is 0.356 e. The van der Waals surface area contributed by atoms with Crippen LogP contribution in [0.25, 0.3) is 0 Å². The summed E-state index contributed by atoms with van der Waals surface area (Å²) in [5, 5.41) is 0. The lowest BCUT2D eigenvalue weighted by atomic mass is 10.1. The summed E-state index contributed by atoms with van der Waals surface area (Å²) in [6.45, 7) is 4.52. The highest BCUT2D eigenvalue weighted by atomic mass is 79.9. The van der Waals surface area contributed by atoms with Gasteiger partial charge in [0.25, 0.3) is 0 Å². The minimum Gasteiger partial charge on any atom is -0.356 e. The second-order valence-corrected chi connectivity index (χ2v) is 4.52. The van der Waals surface area contributed by atoms with E-state index < -0.39 is 0 Å². The van der Waals surface area contributed by atoms with Crippen molar-refractivity contribution in [3.8, 4) is 0 Å². The van der Waals surface area contributed by atoms with E-state index in [0.29, 0.717) is 0 Å². The fourth-order valence-corrected chi connectivity index (χ4v) is 2.17. The van der Waals surface area contributed by atoms with Crippen LogP contribution in [0.3, 0.4) is 0 Å². The molecular weight excluding hydrogens is 242 g/mol. The van der Waals surface area contributed by atoms with E-state index in [0.717, 1.165) is 29.4 Å². The highest BCUT2D eigenvalue weighted by Gasteiger charge is 2.21. The van der Waals surface area contributed by atoms with Gasteiger partial charge in [0.2, 0.25) is 0 Å². The van der Waals surface area contributed by atoms with E-state index in [-0.39, 0.29) is 0 Å². The van der Waals surface area contributed by atoms with Crippen molar-refractivity contribution in [3.63, 3.8) is 0 Å². The molecule has 1 fully saturated rings. The Labute approximate surface area is 92.7 Å². The number of hydrogen-bond donors (Lipinski definition) is 0. The molecule has 1 aliphatic heterocycles. The van der Waals surface area contributed by atoms with Gasteiger partial charge in [-0.05, 0) is 28.3 Å². The van der Waals surface area contributed by atoms with Crippen LogP contribution in [0.15, 0.2) is 17.0 Å². The fraction of sp³-hybridized carbons (Fsp3) is 0.600. The second kappa shape index (κ2) is 4.26. The predicted molar refractivity (Wildman–Crippen MR) is 60.3 cm³/mol. The van der Waals surface area contributed by atoms with Crippen LogP contribution in [0.5, 0.6) is 0 Å². The van der Waals surface area contributed by atoms with Crippen molar-refractivity contribution < 1.29 is 0 Å². The Morgan fingerprint density at radius 3 is 3.07 bits per heavy atom. The number of anilines is 1. The summed E-state index contributed by atoms with van der Waals surface area (Å²) in [5.74, 6) is 1.88. The normalized spacial score (nSPS) is 21.6. The highest BCUT2D eigenvalue weighted by Crippen LogP contribution is 2.24. The summed E-state index contributed by atoms with van der Waals surface area (Å²) in [4.78, 5) is 10.6. The first-order valence-corrected chi connectivity index (χ1v) is 5.81. The summed E-state index contributed by atoms with van der Waals surface area (Å²) in [6, 6.07) is 1.98. The van der Waals surface area contributed by atoms with Crippen LogP contribution in [0.4, 0.5) is 5.82 Å². The van der Waals surface area contributed by atoms with Gasteiger partial charge >= 0.3 is 0 Å². The Morgan fingerprint density at radius 1 is 1.57 bits per heavy atom. The van der Waals surface area contributed by atoms with E-state index in [2.05, 4.69) is 37.7 Å². The van der Waals surface area contributed by atoms with E-state index in [4.69, 9.17) is 0 Å². The summed E-state index contributed by atoms with van der Waals surface area (Å²) >= 11 is 3.36. The van der Waals surface area contributed by atoms with E-state index in [9.17, 15) is 0 Å². The number of hydrogen-bond acceptors (Lipinski definition) is 3. The first-order valence-electron chi connectivity index (χ1n) is 5.02. The van der Waals surface area contributed by atoms with Crippen molar-refractivity contribution >= 4 is 21.7 Å². The lowest BCUT2D eigenvalue weighted by molar-refractivity contribution is 0.568. The number of nitrogens with zero attached hydrogens (tertiary/aromatic N) is 3. The molecule has 4 heteroatoms. The molecule has 0 radical (unpaired) electrons. The van der Waals surface area contributed by atoms with Crippen LogP contribution in [0, 0.1) is 5.92 Å². The molecule has 1 unspecified atom stereocenters. The molecule has 76 valence electrons. The molecule has 1 saturated heterocycles. The molecule has 3 nitrogen and oxygen atoms in total. The molecule has 0 aliphatic carbocycles. The molecule has 0 N–H and O–H groups in total. The van der Waals surface area contributed by atoms with Crippen LogP contribution in [-0.4, -0.2) is 23.1 Å². The van der Waals surface area contributed by atoms with Crippen LogP contribution < -0.4 is 4.90 Å². The third kappa shape index (κ3) is 2.05. The first-order chi connectivity index (χ1) is 6.79. The molecular formula is C10H14BrN3. The smallest absolute Gasteiger partial charge is 0.133 e. The van der Waals surface area contributed by atoms with Gasteiger partial charge in [-0.25, -0.2) is 9.97 Å². The number of halogens is 1. The standard InChI is InChI=1S/C10H14BrN3/c1-2-8-3-4-14(6-8)10-5-9(11)12-7-13-10/h5,7-8H,2-4,6H2,1H3. The molecule has 1 atom stereocenters. The minimum atomic E-state index is 0.837. The fourth-order valence-electron chi connectivity index (χ4n) is 1.87. The van der Waals surface area contributed by atoms with E-state index in [1.165, 1.54) is 12.8 Å². The Hall–Kier alpha value is -0.640. The zero-order chi connectivity index (χ0) is 9.97. The van der Waals surface area contributed by atoms with Gasteiger partial charge in [-0.1, -0.05) is 13.3 Å². The quantitative estimate of drug-likeness (QED) is 0.761. The highest BCUT2D eigenvalue weighted by molar-refractivity contribution is 9.10. The maximum atomic E-state index is 4.28. The molecule has 14 heavy (non-hydrogen) atoms. The van der Waals surface area contributed by atoms with E-state index in [1.807, 2.05) is 6.07 Å². The van der Waals surface area contributed by atoms with Gasteiger partial charge in [0.15, 0.2) is 0 Å². The number of rotatable bonds is 2. The Balaban J connectivity index is 2.09. The first kappa shape index (κ1) is 9.90. The molecule has 1 aliphatic rings. The second-order valence-electron chi connectivity index (χ2n) is 3.71. The Kier molecular flexibility index (Phi) is 3.01. The van der Waals surface area contributed by atoms with E-state index >= 15 is 0 Å². The lowest BCUT2D eigenvalue weighted by Crippen LogP contribution is -2.20. The maximum absolute atomic E-state index is 4.28. The van der Waals surface area contributed by atoms with Crippen LogP contribution in [-0.2, 0) is 0 Å². The average molecular weight is 256 g/mol. The summed E-state index contributed by atoms with van der Waals surface area (Å²) in [5.41, 5.74) is 0. The summed E-state index contributed by atoms with van der Waals surface area (Å²) < 4.78 is 0.863. The molecule has 0 bridgehead atoms. The predicted octanol–water partition coefficient (Wildman–Crippen LogP) is 2.48. The van der Waals surface area contributed by atoms with Gasteiger partial charge in [-0.2, -0.15) is 0 Å². The van der Waals surface area contributed by atoms with Crippen molar-refractivity contribution in [1.82, 2.24) is 9.97 Å². The number of aromatic nitrogens is 2. The third-order valence-electron chi connectivity index (χ3n) is 2.81. The zero-order valence-electron chi connectivity index (χ0n) is 8.28. The van der Waals surface area contributed by atoms with E-state index in [1.54, 1.807) is 6.33 Å². The van der Waals surface area contributed by atoms with Crippen LogP contribution >= 0.6 is 15.9 Å². The molecule has 2 rings (SSSR count). The zero-order valence-corrected chi connectivity index (χ0v) is 9.87. The minimum absolute atomic E-state index is 0.837. The Bertz CT molecular complexity index is 316. The third-order valence-corrected chi connectivity index (χ3v) is 3.24. The molecule has 0 saturated carbocycles. The summed E-state index contributed by atoms with van der Waals surface area (Å²) in [6.07, 6.45) is 4.17. The van der Waals surface area contributed by atoms with Crippen LogP contribution in [0.1, 0.15) is 19.8 Å². The van der Waals surface area contributed by atoms with Crippen molar-refractivity contribution in [2.45, 2.75) is 19.8 Å². The monoisotopic (exact) mass is 255 g/mol. The molecule has 0 amide bonds. The summed E-state index contributed by atoms with van der Waals surface area (Å²) in [7, 11) is 0. The maximum Gasteiger partial charge on any atom is 0.133 e. The van der Waals surface area contributed by atoms with Gasteiger partial charge in [0.1, 0.15) is 16.7 Å². The molecule has 1 aromatic heterocycles. The van der Waals surface area contributed by atoms with Gasteiger partial charge in [0.05, 0.1) is 0 Å². The van der Waals surface area contributed by atoms with Gasteiger partial charge in [0, 0.05) is 19.2 Å². The molecule has 1 aromatic rings. The van der Waals surface area contributed by atoms with Crippen molar-refractivity contribution in [1.29, 1.82) is 0 Å². The molecule has 0 spiro atoms. The average Bonchev–Trinajstić information content (AvgIpc) is 2.66. The van der Waals surface area contributed by atoms with Crippen LogP contribution in [0.2, 0.25) is 0 Å². The Morgan fingerprint density at radius 2 is 2.43 bits per heavy atom. The van der Waals surface area contributed by atoms with Gasteiger partial charge in [-0.15, -0.1) is 0 Å². The SMILES string of the molecule is CCC1CCN(c2cc(Br)ncn2)C1. The molecule has 2 heterocycles.